The predicted molar refractivity (Wildman–Crippen MR) is 133 cm³/mol. The van der Waals surface area contributed by atoms with Gasteiger partial charge < -0.3 is 14.4 Å². The fraction of sp³-hybridized carbons (Fsp3) is 0.423. The van der Waals surface area contributed by atoms with Gasteiger partial charge in [0.25, 0.3) is 0 Å². The Hall–Kier alpha value is -2.84. The molecule has 0 aliphatic carbocycles. The van der Waals surface area contributed by atoms with Crippen molar-refractivity contribution in [3.63, 3.8) is 0 Å². The second kappa shape index (κ2) is 9.43. The molecule has 2 aliphatic heterocycles. The van der Waals surface area contributed by atoms with Gasteiger partial charge in [-0.25, -0.2) is 13.4 Å². The first-order valence-electron chi connectivity index (χ1n) is 11.9. The van der Waals surface area contributed by atoms with Crippen LogP contribution in [0.5, 0.6) is 11.5 Å². The number of ether oxygens (including phenoxy) is 2. The van der Waals surface area contributed by atoms with Gasteiger partial charge in [-0.1, -0.05) is 6.42 Å². The number of rotatable bonds is 6. The highest BCUT2D eigenvalue weighted by Crippen LogP contribution is 2.37. The van der Waals surface area contributed by atoms with E-state index in [-0.39, 0.29) is 0 Å². The Labute approximate surface area is 201 Å². The number of piperidine rings is 1. The summed E-state index contributed by atoms with van der Waals surface area (Å²) < 4.78 is 38.7. The fourth-order valence-electron chi connectivity index (χ4n) is 5.06. The second-order valence-electron chi connectivity index (χ2n) is 9.03. The lowest BCUT2D eigenvalue weighted by Gasteiger charge is -2.26. The van der Waals surface area contributed by atoms with Crippen molar-refractivity contribution in [3.8, 4) is 11.5 Å². The van der Waals surface area contributed by atoms with Crippen LogP contribution in [-0.2, 0) is 10.0 Å². The maximum absolute atomic E-state index is 13.1. The maximum atomic E-state index is 13.1. The molecule has 0 bridgehead atoms. The third kappa shape index (κ3) is 4.32. The Morgan fingerprint density at radius 1 is 0.912 bits per heavy atom. The van der Waals surface area contributed by atoms with Gasteiger partial charge in [-0.2, -0.15) is 4.31 Å². The number of nitrogens with zero attached hydrogens (tertiary/aromatic N) is 3. The highest BCUT2D eigenvalue weighted by molar-refractivity contribution is 7.89. The van der Waals surface area contributed by atoms with E-state index in [1.54, 1.807) is 30.7 Å². The van der Waals surface area contributed by atoms with E-state index in [0.717, 1.165) is 72.6 Å². The molecule has 1 atom stereocenters. The molecule has 0 unspecified atom stereocenters. The van der Waals surface area contributed by atoms with Crippen molar-refractivity contribution < 1.29 is 17.9 Å². The van der Waals surface area contributed by atoms with Gasteiger partial charge in [-0.05, 0) is 67.8 Å². The van der Waals surface area contributed by atoms with Gasteiger partial charge in [0.15, 0.2) is 0 Å². The average molecular weight is 482 g/mol. The van der Waals surface area contributed by atoms with Crippen LogP contribution in [-0.4, -0.2) is 58.1 Å². The quantitative estimate of drug-likeness (QED) is 0.519. The van der Waals surface area contributed by atoms with E-state index in [2.05, 4.69) is 11.0 Å². The molecule has 3 aromatic rings. The molecular weight excluding hydrogens is 450 g/mol. The first kappa shape index (κ1) is 22.9. The van der Waals surface area contributed by atoms with E-state index >= 15 is 0 Å². The number of methoxy groups -OCH3 is 2. The van der Waals surface area contributed by atoms with E-state index in [0.29, 0.717) is 23.9 Å². The van der Waals surface area contributed by atoms with E-state index < -0.39 is 10.0 Å². The van der Waals surface area contributed by atoms with Crippen molar-refractivity contribution in [2.45, 2.75) is 36.5 Å². The smallest absolute Gasteiger partial charge is 0.243 e. The zero-order valence-corrected chi connectivity index (χ0v) is 20.6. The number of sulfonamides is 1. The van der Waals surface area contributed by atoms with Crippen molar-refractivity contribution >= 4 is 26.7 Å². The number of benzene rings is 2. The highest BCUT2D eigenvalue weighted by atomic mass is 32.2. The van der Waals surface area contributed by atoms with Gasteiger partial charge in [0.2, 0.25) is 10.0 Å². The van der Waals surface area contributed by atoms with Crippen LogP contribution in [0.1, 0.15) is 37.2 Å². The highest BCUT2D eigenvalue weighted by Gasteiger charge is 2.28. The minimum atomic E-state index is -3.46. The molecule has 2 fully saturated rings. The van der Waals surface area contributed by atoms with Crippen LogP contribution in [0.25, 0.3) is 10.9 Å². The molecule has 0 saturated carbocycles. The Kier molecular flexibility index (Phi) is 6.36. The largest absolute Gasteiger partial charge is 0.497 e. The van der Waals surface area contributed by atoms with Crippen LogP contribution in [0.15, 0.2) is 53.4 Å². The Morgan fingerprint density at radius 2 is 1.74 bits per heavy atom. The van der Waals surface area contributed by atoms with Crippen molar-refractivity contribution in [2.24, 2.45) is 0 Å². The van der Waals surface area contributed by atoms with Crippen molar-refractivity contribution in [1.29, 1.82) is 0 Å². The normalized spacial score (nSPS) is 19.5. The van der Waals surface area contributed by atoms with Gasteiger partial charge in [0.1, 0.15) is 17.3 Å². The molecule has 3 heterocycles. The molecule has 34 heavy (non-hydrogen) atoms. The summed E-state index contributed by atoms with van der Waals surface area (Å²) in [5.41, 5.74) is 1.95. The van der Waals surface area contributed by atoms with Gasteiger partial charge >= 0.3 is 0 Å². The molecule has 2 saturated heterocycles. The number of fused-ring (bicyclic) bond motifs is 1. The SMILES string of the molecule is COc1ccc(OC)c([C@@H]2CCN(c3ccc4cc(S(=O)(=O)N5CCCCC5)ccc4n3)C2)c1. The van der Waals surface area contributed by atoms with E-state index in [4.69, 9.17) is 14.5 Å². The third-order valence-electron chi connectivity index (χ3n) is 6.99. The summed E-state index contributed by atoms with van der Waals surface area (Å²) in [5, 5.41) is 0.840. The topological polar surface area (TPSA) is 72.0 Å². The zero-order valence-electron chi connectivity index (χ0n) is 19.7. The summed E-state index contributed by atoms with van der Waals surface area (Å²) in [7, 11) is -0.0842. The first-order valence-corrected chi connectivity index (χ1v) is 13.3. The summed E-state index contributed by atoms with van der Waals surface area (Å²) in [4.78, 5) is 7.49. The number of pyridine rings is 1. The number of hydrogen-bond donors (Lipinski definition) is 0. The minimum absolute atomic E-state index is 0.319. The molecule has 8 heteroatoms. The molecule has 2 aliphatic rings. The first-order chi connectivity index (χ1) is 16.5. The van der Waals surface area contributed by atoms with Crippen molar-refractivity contribution in [2.75, 3.05) is 45.3 Å². The molecule has 0 spiro atoms. The van der Waals surface area contributed by atoms with E-state index in [1.165, 1.54) is 0 Å². The fourth-order valence-corrected chi connectivity index (χ4v) is 6.62. The predicted octanol–water partition coefficient (Wildman–Crippen LogP) is 4.42. The maximum Gasteiger partial charge on any atom is 0.243 e. The standard InChI is InChI=1S/C26H31N3O4S/c1-32-21-7-10-25(33-2)23(17-21)20-12-15-28(18-20)26-11-6-19-16-22(8-9-24(19)27-26)34(30,31)29-13-4-3-5-14-29/h6-11,16-17,20H,3-5,12-15,18H2,1-2H3/t20-/m1/s1. The molecule has 1 aromatic heterocycles. The lowest BCUT2D eigenvalue weighted by atomic mass is 9.97. The van der Waals surface area contributed by atoms with Gasteiger partial charge in [-0.15, -0.1) is 0 Å². The molecule has 180 valence electrons. The van der Waals surface area contributed by atoms with Crippen LogP contribution >= 0.6 is 0 Å². The van der Waals surface area contributed by atoms with Crippen LogP contribution in [0.2, 0.25) is 0 Å². The molecule has 7 nitrogen and oxygen atoms in total. The van der Waals surface area contributed by atoms with Crippen molar-refractivity contribution in [1.82, 2.24) is 9.29 Å². The number of anilines is 1. The molecule has 2 aromatic carbocycles. The Bertz CT molecular complexity index is 1290. The van der Waals surface area contributed by atoms with Gasteiger partial charge in [-0.3, -0.25) is 0 Å². The second-order valence-corrected chi connectivity index (χ2v) is 11.0. The van der Waals surface area contributed by atoms with E-state index in [9.17, 15) is 8.42 Å². The van der Waals surface area contributed by atoms with Crippen LogP contribution in [0, 0.1) is 0 Å². The Morgan fingerprint density at radius 3 is 2.50 bits per heavy atom. The lowest BCUT2D eigenvalue weighted by molar-refractivity contribution is 0.346. The molecule has 0 N–H and O–H groups in total. The third-order valence-corrected chi connectivity index (χ3v) is 8.88. The summed E-state index contributed by atoms with van der Waals surface area (Å²) in [6.07, 6.45) is 3.95. The lowest BCUT2D eigenvalue weighted by Crippen LogP contribution is -2.35. The summed E-state index contributed by atoms with van der Waals surface area (Å²) in [6.45, 7) is 2.94. The zero-order chi connectivity index (χ0) is 23.7. The van der Waals surface area contributed by atoms with Gasteiger partial charge in [0, 0.05) is 43.0 Å². The summed E-state index contributed by atoms with van der Waals surface area (Å²) >= 11 is 0. The van der Waals surface area contributed by atoms with Crippen molar-refractivity contribution in [3.05, 3.63) is 54.1 Å². The molecule has 5 rings (SSSR count). The number of aromatic nitrogens is 1. The Balaban J connectivity index is 1.37. The number of hydrogen-bond acceptors (Lipinski definition) is 6. The van der Waals surface area contributed by atoms with Crippen LogP contribution in [0.3, 0.4) is 0 Å². The summed E-state index contributed by atoms with van der Waals surface area (Å²) in [5.74, 6) is 2.93. The van der Waals surface area contributed by atoms with Crippen LogP contribution < -0.4 is 14.4 Å². The molecular formula is C26H31N3O4S. The van der Waals surface area contributed by atoms with Gasteiger partial charge in [0.05, 0.1) is 24.6 Å². The average Bonchev–Trinajstić information content (AvgIpc) is 3.38. The van der Waals surface area contributed by atoms with E-state index in [1.807, 2.05) is 30.3 Å². The summed E-state index contributed by atoms with van der Waals surface area (Å²) in [6, 6.07) is 15.2. The minimum Gasteiger partial charge on any atom is -0.497 e. The van der Waals surface area contributed by atoms with Crippen LogP contribution in [0.4, 0.5) is 5.82 Å². The molecule has 0 radical (unpaired) electrons. The molecule has 0 amide bonds. The monoisotopic (exact) mass is 481 g/mol.